The molecule has 1 fully saturated rings. The number of hydrogen-bond acceptors (Lipinski definition) is 3. The number of anilines is 1. The van der Waals surface area contributed by atoms with Gasteiger partial charge in [0.05, 0.1) is 10.6 Å². The second kappa shape index (κ2) is 9.92. The van der Waals surface area contributed by atoms with Gasteiger partial charge in [-0.25, -0.2) is 0 Å². The van der Waals surface area contributed by atoms with Gasteiger partial charge >= 0.3 is 0 Å². The lowest BCUT2D eigenvalue weighted by molar-refractivity contribution is 0.0926. The number of rotatable bonds is 6. The van der Waals surface area contributed by atoms with Crippen LogP contribution in [0.1, 0.15) is 66.7 Å². The molecule has 0 aliphatic heterocycles. The van der Waals surface area contributed by atoms with E-state index in [0.717, 1.165) is 30.2 Å². The van der Waals surface area contributed by atoms with Gasteiger partial charge in [-0.05, 0) is 79.0 Å². The van der Waals surface area contributed by atoms with Gasteiger partial charge < -0.3 is 15.4 Å². The number of ether oxygens (including phenoxy) is 1. The average molecular weight is 459 g/mol. The third-order valence-corrected chi connectivity index (χ3v) is 5.50. The largest absolute Gasteiger partial charge is 0.490 e. The Kier molecular flexibility index (Phi) is 7.31. The number of halogens is 1. The summed E-state index contributed by atoms with van der Waals surface area (Å²) >= 11 is 3.45. The van der Waals surface area contributed by atoms with Crippen molar-refractivity contribution >= 4 is 33.4 Å². The number of carbonyl (C=O) groups excluding carboxylic acids is 2. The summed E-state index contributed by atoms with van der Waals surface area (Å²) in [6, 6.07) is 12.5. The Morgan fingerprint density at radius 1 is 1.00 bits per heavy atom. The third kappa shape index (κ3) is 6.07. The normalized spacial score (nSPS) is 14.5. The third-order valence-electron chi connectivity index (χ3n) is 4.88. The molecule has 0 heterocycles. The first kappa shape index (κ1) is 21.4. The van der Waals surface area contributed by atoms with Gasteiger partial charge in [-0.15, -0.1) is 0 Å². The van der Waals surface area contributed by atoms with Gasteiger partial charge in [0, 0.05) is 22.9 Å². The van der Waals surface area contributed by atoms with E-state index in [9.17, 15) is 9.59 Å². The van der Waals surface area contributed by atoms with Crippen molar-refractivity contribution in [3.8, 4) is 5.75 Å². The summed E-state index contributed by atoms with van der Waals surface area (Å²) in [7, 11) is 0. The van der Waals surface area contributed by atoms with Crippen LogP contribution in [-0.4, -0.2) is 24.0 Å². The highest BCUT2D eigenvalue weighted by Gasteiger charge is 2.17. The summed E-state index contributed by atoms with van der Waals surface area (Å²) in [6.07, 6.45) is 5.69. The van der Waals surface area contributed by atoms with E-state index < -0.39 is 0 Å². The van der Waals surface area contributed by atoms with Crippen molar-refractivity contribution < 1.29 is 14.3 Å². The van der Waals surface area contributed by atoms with Gasteiger partial charge in [-0.2, -0.15) is 0 Å². The van der Waals surface area contributed by atoms with Crippen LogP contribution in [0.4, 0.5) is 5.69 Å². The maximum atomic E-state index is 12.6. The molecule has 0 aromatic heterocycles. The smallest absolute Gasteiger partial charge is 0.255 e. The molecule has 5 nitrogen and oxygen atoms in total. The van der Waals surface area contributed by atoms with E-state index in [1.807, 2.05) is 13.8 Å². The van der Waals surface area contributed by atoms with Crippen LogP contribution in [0.15, 0.2) is 46.9 Å². The minimum atomic E-state index is -0.244. The van der Waals surface area contributed by atoms with Gasteiger partial charge in [0.2, 0.25) is 0 Å². The lowest BCUT2D eigenvalue weighted by atomic mass is 9.95. The van der Waals surface area contributed by atoms with Crippen LogP contribution >= 0.6 is 15.9 Å². The summed E-state index contributed by atoms with van der Waals surface area (Å²) < 4.78 is 6.40. The molecule has 154 valence electrons. The predicted molar refractivity (Wildman–Crippen MR) is 119 cm³/mol. The lowest BCUT2D eigenvalue weighted by Crippen LogP contribution is -2.36. The van der Waals surface area contributed by atoms with Crippen LogP contribution in [-0.2, 0) is 0 Å². The zero-order valence-corrected chi connectivity index (χ0v) is 18.4. The standard InChI is InChI=1S/C23H27BrN2O3/c1-15(2)29-21-12-11-17(14-20(21)24)23(28)26-19-10-6-7-16(13-19)22(27)25-18-8-4-3-5-9-18/h6-7,10-15,18H,3-5,8-9H2,1-2H3,(H,25,27)(H,26,28). The first-order valence-electron chi connectivity index (χ1n) is 10.1. The topological polar surface area (TPSA) is 67.4 Å². The van der Waals surface area contributed by atoms with Crippen molar-refractivity contribution in [1.82, 2.24) is 5.32 Å². The SMILES string of the molecule is CC(C)Oc1ccc(C(=O)Nc2cccc(C(=O)NC3CCCCC3)c2)cc1Br. The fraction of sp³-hybridized carbons (Fsp3) is 0.391. The minimum absolute atomic E-state index is 0.0495. The molecule has 1 aliphatic rings. The van der Waals surface area contributed by atoms with Gasteiger partial charge in [-0.1, -0.05) is 25.3 Å². The highest BCUT2D eigenvalue weighted by molar-refractivity contribution is 9.10. The first-order chi connectivity index (χ1) is 13.9. The van der Waals surface area contributed by atoms with Crippen LogP contribution in [0.5, 0.6) is 5.75 Å². The van der Waals surface area contributed by atoms with Gasteiger partial charge in [-0.3, -0.25) is 9.59 Å². The van der Waals surface area contributed by atoms with Gasteiger partial charge in [0.15, 0.2) is 0 Å². The first-order valence-corrected chi connectivity index (χ1v) is 10.9. The molecule has 6 heteroatoms. The molecule has 2 aromatic carbocycles. The van der Waals surface area contributed by atoms with E-state index >= 15 is 0 Å². The van der Waals surface area contributed by atoms with Gasteiger partial charge in [0.1, 0.15) is 5.75 Å². The molecule has 1 saturated carbocycles. The summed E-state index contributed by atoms with van der Waals surface area (Å²) in [6.45, 7) is 3.90. The van der Waals surface area contributed by atoms with Crippen molar-refractivity contribution in [2.45, 2.75) is 58.1 Å². The van der Waals surface area contributed by atoms with Crippen molar-refractivity contribution in [3.63, 3.8) is 0 Å². The number of nitrogens with one attached hydrogen (secondary N) is 2. The maximum Gasteiger partial charge on any atom is 0.255 e. The van der Waals surface area contributed by atoms with E-state index in [-0.39, 0.29) is 24.0 Å². The van der Waals surface area contributed by atoms with Crippen LogP contribution in [0.3, 0.4) is 0 Å². The monoisotopic (exact) mass is 458 g/mol. The number of hydrogen-bond donors (Lipinski definition) is 2. The second-order valence-corrected chi connectivity index (χ2v) is 8.51. The molecule has 0 unspecified atom stereocenters. The van der Waals surface area contributed by atoms with Crippen molar-refractivity contribution in [1.29, 1.82) is 0 Å². The Morgan fingerprint density at radius 3 is 2.41 bits per heavy atom. The molecular weight excluding hydrogens is 432 g/mol. The Balaban J connectivity index is 1.65. The molecule has 29 heavy (non-hydrogen) atoms. The molecular formula is C23H27BrN2O3. The minimum Gasteiger partial charge on any atom is -0.490 e. The summed E-state index contributed by atoms with van der Waals surface area (Å²) in [5.41, 5.74) is 1.64. The number of benzene rings is 2. The molecule has 3 rings (SSSR count). The van der Waals surface area contributed by atoms with Crippen molar-refractivity contribution in [2.75, 3.05) is 5.32 Å². The number of carbonyl (C=O) groups is 2. The molecule has 2 amide bonds. The number of amides is 2. The van der Waals surface area contributed by atoms with Crippen LogP contribution in [0, 0.1) is 0 Å². The lowest BCUT2D eigenvalue weighted by Gasteiger charge is -2.22. The Hall–Kier alpha value is -2.34. The summed E-state index contributed by atoms with van der Waals surface area (Å²) in [5.74, 6) is 0.357. The van der Waals surface area contributed by atoms with E-state index in [0.29, 0.717) is 22.6 Å². The summed E-state index contributed by atoms with van der Waals surface area (Å²) in [5, 5.41) is 5.97. The van der Waals surface area contributed by atoms with Gasteiger partial charge in [0.25, 0.3) is 11.8 Å². The fourth-order valence-electron chi connectivity index (χ4n) is 3.45. The molecule has 0 radical (unpaired) electrons. The molecule has 0 bridgehead atoms. The Morgan fingerprint density at radius 2 is 1.72 bits per heavy atom. The van der Waals surface area contributed by atoms with E-state index in [1.165, 1.54) is 6.42 Å². The molecule has 1 aliphatic carbocycles. The highest BCUT2D eigenvalue weighted by atomic mass is 79.9. The van der Waals surface area contributed by atoms with Crippen molar-refractivity contribution in [2.24, 2.45) is 0 Å². The second-order valence-electron chi connectivity index (χ2n) is 7.66. The Labute approximate surface area is 180 Å². The summed E-state index contributed by atoms with van der Waals surface area (Å²) in [4.78, 5) is 25.2. The van der Waals surface area contributed by atoms with E-state index in [4.69, 9.17) is 4.74 Å². The van der Waals surface area contributed by atoms with Crippen LogP contribution < -0.4 is 15.4 Å². The maximum absolute atomic E-state index is 12.6. The zero-order valence-electron chi connectivity index (χ0n) is 16.8. The van der Waals surface area contributed by atoms with Crippen LogP contribution in [0.2, 0.25) is 0 Å². The molecule has 0 atom stereocenters. The van der Waals surface area contributed by atoms with Crippen molar-refractivity contribution in [3.05, 3.63) is 58.1 Å². The molecule has 2 N–H and O–H groups in total. The highest BCUT2D eigenvalue weighted by Crippen LogP contribution is 2.27. The molecule has 2 aromatic rings. The van der Waals surface area contributed by atoms with Crippen LogP contribution in [0.25, 0.3) is 0 Å². The quantitative estimate of drug-likeness (QED) is 0.595. The molecule has 0 spiro atoms. The zero-order chi connectivity index (χ0) is 20.8. The predicted octanol–water partition coefficient (Wildman–Crippen LogP) is 5.55. The molecule has 0 saturated heterocycles. The average Bonchev–Trinajstić information content (AvgIpc) is 2.70. The van der Waals surface area contributed by atoms with E-state index in [2.05, 4.69) is 26.6 Å². The Bertz CT molecular complexity index is 876. The fourth-order valence-corrected chi connectivity index (χ4v) is 3.92. The van der Waals surface area contributed by atoms with E-state index in [1.54, 1.807) is 42.5 Å².